The summed E-state index contributed by atoms with van der Waals surface area (Å²) in [5.41, 5.74) is 2.01. The highest BCUT2D eigenvalue weighted by molar-refractivity contribution is 5.99. The predicted octanol–water partition coefficient (Wildman–Crippen LogP) is 5.30. The number of benzene rings is 2. The van der Waals surface area contributed by atoms with E-state index in [1.54, 1.807) is 12.1 Å². The van der Waals surface area contributed by atoms with Gasteiger partial charge in [-0.25, -0.2) is 19.2 Å². The van der Waals surface area contributed by atoms with E-state index in [0.717, 1.165) is 36.2 Å². The number of halogens is 1. The smallest absolute Gasteiger partial charge is 0.323 e. The molecule has 0 aliphatic carbocycles. The van der Waals surface area contributed by atoms with Crippen molar-refractivity contribution in [2.75, 3.05) is 33.9 Å². The topological polar surface area (TPSA) is 82.2 Å². The minimum atomic E-state index is -0.398. The molecule has 2 heterocycles. The fourth-order valence-corrected chi connectivity index (χ4v) is 3.51. The molecule has 2 amide bonds. The van der Waals surface area contributed by atoms with Gasteiger partial charge in [0.1, 0.15) is 23.3 Å². The highest BCUT2D eigenvalue weighted by Crippen LogP contribution is 2.23. The Morgan fingerprint density at radius 3 is 2.10 bits per heavy atom. The van der Waals surface area contributed by atoms with Crippen LogP contribution in [0.15, 0.2) is 54.6 Å². The maximum atomic E-state index is 13.0. The van der Waals surface area contributed by atoms with Gasteiger partial charge in [-0.15, -0.1) is 0 Å². The third-order valence-electron chi connectivity index (χ3n) is 5.02. The molecule has 2 aromatic carbocycles. The second-order valence-electron chi connectivity index (χ2n) is 7.49. The molecule has 0 spiro atoms. The second-order valence-corrected chi connectivity index (χ2v) is 7.49. The summed E-state index contributed by atoms with van der Waals surface area (Å²) in [5, 5.41) is 8.72. The fraction of sp³-hybridized carbons (Fsp3) is 0.261. The van der Waals surface area contributed by atoms with Gasteiger partial charge < -0.3 is 20.9 Å². The first-order valence-electron chi connectivity index (χ1n) is 10.4. The van der Waals surface area contributed by atoms with Crippen LogP contribution in [-0.2, 0) is 0 Å². The summed E-state index contributed by atoms with van der Waals surface area (Å²) >= 11 is 0. The molecule has 0 saturated carbocycles. The van der Waals surface area contributed by atoms with Crippen molar-refractivity contribution < 1.29 is 9.18 Å². The quantitative estimate of drug-likeness (QED) is 0.522. The molecule has 3 N–H and O–H groups in total. The van der Waals surface area contributed by atoms with E-state index in [1.807, 2.05) is 25.1 Å². The molecule has 4 rings (SSSR count). The number of amides is 2. The highest BCUT2D eigenvalue weighted by atomic mass is 19.1. The summed E-state index contributed by atoms with van der Waals surface area (Å²) in [6.45, 7) is 3.94. The maximum Gasteiger partial charge on any atom is 0.323 e. The van der Waals surface area contributed by atoms with E-state index < -0.39 is 6.03 Å². The van der Waals surface area contributed by atoms with E-state index in [-0.39, 0.29) is 5.82 Å². The summed E-state index contributed by atoms with van der Waals surface area (Å²) in [7, 11) is 0. The van der Waals surface area contributed by atoms with Gasteiger partial charge in [-0.1, -0.05) is 0 Å². The number of anilines is 5. The summed E-state index contributed by atoms with van der Waals surface area (Å²) in [4.78, 5) is 23.5. The Morgan fingerprint density at radius 2 is 1.45 bits per heavy atom. The van der Waals surface area contributed by atoms with Crippen molar-refractivity contribution in [3.05, 3.63) is 66.2 Å². The zero-order chi connectivity index (χ0) is 21.6. The van der Waals surface area contributed by atoms with Crippen molar-refractivity contribution in [3.63, 3.8) is 0 Å². The van der Waals surface area contributed by atoms with Gasteiger partial charge in [0, 0.05) is 36.2 Å². The van der Waals surface area contributed by atoms with Crippen LogP contribution in [0.4, 0.5) is 37.9 Å². The Hall–Kier alpha value is -3.68. The molecule has 0 bridgehead atoms. The zero-order valence-corrected chi connectivity index (χ0v) is 17.4. The maximum absolute atomic E-state index is 13.0. The van der Waals surface area contributed by atoms with Gasteiger partial charge in [-0.2, -0.15) is 0 Å². The highest BCUT2D eigenvalue weighted by Gasteiger charge is 2.14. The molecule has 1 aliphatic heterocycles. The Balaban J connectivity index is 1.37. The van der Waals surface area contributed by atoms with Gasteiger partial charge in [0.25, 0.3) is 0 Å². The lowest BCUT2D eigenvalue weighted by Gasteiger charge is -2.28. The lowest BCUT2D eigenvalue weighted by molar-refractivity contribution is 0.262. The lowest BCUT2D eigenvalue weighted by Crippen LogP contribution is -2.30. The number of aromatic nitrogens is 2. The van der Waals surface area contributed by atoms with Gasteiger partial charge in [0.15, 0.2) is 0 Å². The van der Waals surface area contributed by atoms with Crippen LogP contribution < -0.4 is 20.9 Å². The first-order valence-corrected chi connectivity index (χ1v) is 10.4. The summed E-state index contributed by atoms with van der Waals surface area (Å²) in [5.74, 6) is 2.06. The van der Waals surface area contributed by atoms with E-state index in [2.05, 4.69) is 30.8 Å². The first kappa shape index (κ1) is 20.6. The van der Waals surface area contributed by atoms with Crippen LogP contribution in [-0.4, -0.2) is 29.1 Å². The van der Waals surface area contributed by atoms with Gasteiger partial charge in [-0.05, 0) is 74.7 Å². The summed E-state index contributed by atoms with van der Waals surface area (Å²) < 4.78 is 13.0. The average Bonchev–Trinajstić information content (AvgIpc) is 2.77. The van der Waals surface area contributed by atoms with Crippen LogP contribution in [0.3, 0.4) is 0 Å². The molecule has 31 heavy (non-hydrogen) atoms. The van der Waals surface area contributed by atoms with Crippen molar-refractivity contribution in [1.82, 2.24) is 9.97 Å². The van der Waals surface area contributed by atoms with E-state index in [4.69, 9.17) is 0 Å². The van der Waals surface area contributed by atoms with E-state index in [0.29, 0.717) is 11.4 Å². The number of rotatable bonds is 5. The van der Waals surface area contributed by atoms with Crippen molar-refractivity contribution >= 4 is 34.7 Å². The zero-order valence-electron chi connectivity index (χ0n) is 17.4. The molecule has 1 aliphatic rings. The minimum absolute atomic E-state index is 0.351. The number of hydrogen-bond donors (Lipinski definition) is 3. The fourth-order valence-electron chi connectivity index (χ4n) is 3.51. The van der Waals surface area contributed by atoms with Gasteiger partial charge in [0.2, 0.25) is 0 Å². The van der Waals surface area contributed by atoms with Crippen molar-refractivity contribution in [1.29, 1.82) is 0 Å². The second kappa shape index (κ2) is 9.42. The van der Waals surface area contributed by atoms with Crippen LogP contribution in [0.25, 0.3) is 0 Å². The molecule has 0 atom stereocenters. The van der Waals surface area contributed by atoms with Gasteiger partial charge in [0.05, 0.1) is 0 Å². The van der Waals surface area contributed by atoms with Crippen LogP contribution in [0.1, 0.15) is 25.1 Å². The first-order chi connectivity index (χ1) is 15.0. The number of aryl methyl sites for hydroxylation is 1. The van der Waals surface area contributed by atoms with Crippen molar-refractivity contribution in [2.24, 2.45) is 0 Å². The van der Waals surface area contributed by atoms with Crippen molar-refractivity contribution in [3.8, 4) is 0 Å². The Bertz CT molecular complexity index is 1030. The molecule has 160 valence electrons. The normalized spacial score (nSPS) is 13.5. The number of nitrogens with zero attached hydrogens (tertiary/aromatic N) is 3. The molecule has 1 aromatic heterocycles. The Morgan fingerprint density at radius 1 is 0.871 bits per heavy atom. The van der Waals surface area contributed by atoms with Crippen molar-refractivity contribution in [2.45, 2.75) is 26.2 Å². The SMILES string of the molecule is Cc1nc(Nc2ccc(NC(=O)Nc3ccc(F)cc3)cc2)cc(N2CCCCC2)n1. The number of carbonyl (C=O) groups is 1. The van der Waals surface area contributed by atoms with Gasteiger partial charge in [-0.3, -0.25) is 0 Å². The van der Waals surface area contributed by atoms with Gasteiger partial charge >= 0.3 is 6.03 Å². The minimum Gasteiger partial charge on any atom is -0.356 e. The predicted molar refractivity (Wildman–Crippen MR) is 122 cm³/mol. The largest absolute Gasteiger partial charge is 0.356 e. The third-order valence-corrected chi connectivity index (χ3v) is 5.02. The Kier molecular flexibility index (Phi) is 6.26. The molecule has 8 heteroatoms. The van der Waals surface area contributed by atoms with E-state index in [1.165, 1.54) is 43.5 Å². The molecule has 0 radical (unpaired) electrons. The molecule has 1 saturated heterocycles. The molecular formula is C23H25FN6O. The number of hydrogen-bond acceptors (Lipinski definition) is 5. The van der Waals surface area contributed by atoms with Crippen LogP contribution in [0.2, 0.25) is 0 Å². The number of urea groups is 1. The summed E-state index contributed by atoms with van der Waals surface area (Å²) in [6.07, 6.45) is 3.65. The average molecular weight is 420 g/mol. The lowest BCUT2D eigenvalue weighted by atomic mass is 10.1. The number of piperidine rings is 1. The number of nitrogens with one attached hydrogen (secondary N) is 3. The molecule has 1 fully saturated rings. The summed E-state index contributed by atoms with van der Waals surface area (Å²) in [6, 6.07) is 14.5. The van der Waals surface area contributed by atoms with Crippen LogP contribution >= 0.6 is 0 Å². The van der Waals surface area contributed by atoms with Crippen LogP contribution in [0, 0.1) is 12.7 Å². The number of carbonyl (C=O) groups excluding carboxylic acids is 1. The standard InChI is InChI=1S/C23H25FN6O/c1-16-25-21(15-22(26-16)30-13-3-2-4-14-30)27-18-9-11-20(12-10-18)29-23(31)28-19-7-5-17(24)6-8-19/h5-12,15H,2-4,13-14H2,1H3,(H,25,26,27)(H2,28,29,31). The molecule has 3 aromatic rings. The third kappa shape index (κ3) is 5.69. The molecular weight excluding hydrogens is 395 g/mol. The van der Waals surface area contributed by atoms with Crippen LogP contribution in [0.5, 0.6) is 0 Å². The molecule has 7 nitrogen and oxygen atoms in total. The monoisotopic (exact) mass is 420 g/mol. The van der Waals surface area contributed by atoms with E-state index in [9.17, 15) is 9.18 Å². The Labute approximate surface area is 180 Å². The van der Waals surface area contributed by atoms with E-state index >= 15 is 0 Å². The molecule has 0 unspecified atom stereocenters.